The van der Waals surface area contributed by atoms with Gasteiger partial charge in [-0.3, -0.25) is 4.79 Å². The molecule has 1 N–H and O–H groups in total. The minimum Gasteiger partial charge on any atom is -0.360 e. The number of carbonyl (C=O) groups is 1. The average Bonchev–Trinajstić information content (AvgIpc) is 2.92. The van der Waals surface area contributed by atoms with E-state index >= 15 is 0 Å². The van der Waals surface area contributed by atoms with Gasteiger partial charge < -0.3 is 9.84 Å². The summed E-state index contributed by atoms with van der Waals surface area (Å²) in [6, 6.07) is 9.94. The summed E-state index contributed by atoms with van der Waals surface area (Å²) in [5.74, 6) is 0.722. The van der Waals surface area contributed by atoms with Crippen LogP contribution in [0.3, 0.4) is 0 Å². The highest BCUT2D eigenvalue weighted by atomic mass is 16.5. The van der Waals surface area contributed by atoms with Crippen LogP contribution >= 0.6 is 0 Å². The molecule has 1 amide bonds. The summed E-state index contributed by atoms with van der Waals surface area (Å²) in [6.45, 7) is 3.99. The van der Waals surface area contributed by atoms with Crippen LogP contribution in [0.1, 0.15) is 54.1 Å². The molecule has 0 aliphatic heterocycles. The standard InChI is InChI=1S/C17H20N2O2/c1-17(2,12-8-4-3-5-9-12)18-16(20)15-13-10-6-7-11-14(13)21-19-15/h3-5,8-9H,6-7,10-11H2,1-2H3,(H,18,20). The lowest BCUT2D eigenvalue weighted by atomic mass is 9.93. The van der Waals surface area contributed by atoms with E-state index in [4.69, 9.17) is 4.52 Å². The zero-order valence-electron chi connectivity index (χ0n) is 12.5. The molecular weight excluding hydrogens is 264 g/mol. The van der Waals surface area contributed by atoms with Gasteiger partial charge in [-0.25, -0.2) is 0 Å². The molecule has 0 saturated heterocycles. The number of nitrogens with zero attached hydrogens (tertiary/aromatic N) is 1. The fraction of sp³-hybridized carbons (Fsp3) is 0.412. The van der Waals surface area contributed by atoms with Crippen LogP contribution in [0.25, 0.3) is 0 Å². The van der Waals surface area contributed by atoms with E-state index in [1.807, 2.05) is 44.2 Å². The van der Waals surface area contributed by atoms with Gasteiger partial charge in [-0.05, 0) is 38.7 Å². The maximum atomic E-state index is 12.5. The Morgan fingerprint density at radius 3 is 2.67 bits per heavy atom. The summed E-state index contributed by atoms with van der Waals surface area (Å²) >= 11 is 0. The highest BCUT2D eigenvalue weighted by Crippen LogP contribution is 2.26. The molecule has 110 valence electrons. The number of benzene rings is 1. The van der Waals surface area contributed by atoms with Gasteiger partial charge in [0, 0.05) is 12.0 Å². The lowest BCUT2D eigenvalue weighted by molar-refractivity contribution is 0.0902. The molecule has 21 heavy (non-hydrogen) atoms. The number of aromatic nitrogens is 1. The molecule has 0 spiro atoms. The number of carbonyl (C=O) groups excluding carboxylic acids is 1. The predicted octanol–water partition coefficient (Wildman–Crippen LogP) is 3.22. The van der Waals surface area contributed by atoms with E-state index in [1.54, 1.807) is 0 Å². The number of nitrogens with one attached hydrogen (secondary N) is 1. The second kappa shape index (κ2) is 5.35. The Bertz CT molecular complexity index is 644. The van der Waals surface area contributed by atoms with Crippen LogP contribution in [0, 0.1) is 0 Å². The van der Waals surface area contributed by atoms with Gasteiger partial charge in [-0.1, -0.05) is 35.5 Å². The van der Waals surface area contributed by atoms with Crippen LogP contribution in [0.2, 0.25) is 0 Å². The quantitative estimate of drug-likeness (QED) is 0.941. The molecule has 0 saturated carbocycles. The first-order valence-corrected chi connectivity index (χ1v) is 7.43. The summed E-state index contributed by atoms with van der Waals surface area (Å²) in [4.78, 5) is 12.5. The molecule has 1 aliphatic rings. The Morgan fingerprint density at radius 2 is 1.90 bits per heavy atom. The smallest absolute Gasteiger partial charge is 0.274 e. The van der Waals surface area contributed by atoms with E-state index in [9.17, 15) is 4.79 Å². The van der Waals surface area contributed by atoms with Crippen LogP contribution in [0.5, 0.6) is 0 Å². The van der Waals surface area contributed by atoms with E-state index in [0.717, 1.165) is 42.6 Å². The predicted molar refractivity (Wildman–Crippen MR) is 80.1 cm³/mol. The Labute approximate surface area is 124 Å². The second-order valence-electron chi connectivity index (χ2n) is 6.09. The highest BCUT2D eigenvalue weighted by Gasteiger charge is 2.28. The lowest BCUT2D eigenvalue weighted by Gasteiger charge is -2.26. The van der Waals surface area contributed by atoms with Gasteiger partial charge in [0.05, 0.1) is 5.54 Å². The molecule has 2 aromatic rings. The molecule has 3 rings (SSSR count). The largest absolute Gasteiger partial charge is 0.360 e. The number of hydrogen-bond acceptors (Lipinski definition) is 3. The molecule has 4 nitrogen and oxygen atoms in total. The van der Waals surface area contributed by atoms with Crippen molar-refractivity contribution < 1.29 is 9.32 Å². The number of rotatable bonds is 3. The monoisotopic (exact) mass is 284 g/mol. The summed E-state index contributed by atoms with van der Waals surface area (Å²) in [5.41, 5.74) is 2.06. The molecule has 0 fully saturated rings. The van der Waals surface area contributed by atoms with Crippen LogP contribution < -0.4 is 5.32 Å². The normalized spacial score (nSPS) is 14.6. The highest BCUT2D eigenvalue weighted by molar-refractivity contribution is 5.94. The zero-order valence-corrected chi connectivity index (χ0v) is 12.5. The Kier molecular flexibility index (Phi) is 3.53. The number of amides is 1. The van der Waals surface area contributed by atoms with Crippen molar-refractivity contribution in [1.82, 2.24) is 10.5 Å². The number of aryl methyl sites for hydroxylation is 1. The molecule has 0 radical (unpaired) electrons. The molecule has 1 heterocycles. The van der Waals surface area contributed by atoms with Crippen molar-refractivity contribution in [2.24, 2.45) is 0 Å². The van der Waals surface area contributed by atoms with E-state index in [1.165, 1.54) is 0 Å². The van der Waals surface area contributed by atoms with Crippen LogP contribution in [0.15, 0.2) is 34.9 Å². The summed E-state index contributed by atoms with van der Waals surface area (Å²) < 4.78 is 5.32. The molecule has 0 unspecified atom stereocenters. The lowest BCUT2D eigenvalue weighted by Crippen LogP contribution is -2.41. The summed E-state index contributed by atoms with van der Waals surface area (Å²) in [5, 5.41) is 7.05. The van der Waals surface area contributed by atoms with E-state index in [-0.39, 0.29) is 5.91 Å². The summed E-state index contributed by atoms with van der Waals surface area (Å²) in [7, 11) is 0. The van der Waals surface area contributed by atoms with E-state index in [0.29, 0.717) is 5.69 Å². The van der Waals surface area contributed by atoms with Crippen molar-refractivity contribution in [3.05, 3.63) is 52.9 Å². The number of hydrogen-bond donors (Lipinski definition) is 1. The van der Waals surface area contributed by atoms with Gasteiger partial charge in [0.1, 0.15) is 5.76 Å². The SMILES string of the molecule is CC(C)(NC(=O)c1noc2c1CCCC2)c1ccccc1. The Morgan fingerprint density at radius 1 is 1.19 bits per heavy atom. The van der Waals surface area contributed by atoms with Gasteiger partial charge in [0.25, 0.3) is 5.91 Å². The van der Waals surface area contributed by atoms with Crippen molar-refractivity contribution in [2.45, 2.75) is 45.1 Å². The minimum absolute atomic E-state index is 0.157. The van der Waals surface area contributed by atoms with Crippen molar-refractivity contribution in [1.29, 1.82) is 0 Å². The molecule has 1 aliphatic carbocycles. The average molecular weight is 284 g/mol. The number of fused-ring (bicyclic) bond motifs is 1. The van der Waals surface area contributed by atoms with Crippen molar-refractivity contribution in [3.8, 4) is 0 Å². The maximum absolute atomic E-state index is 12.5. The molecule has 0 bridgehead atoms. The first-order valence-electron chi connectivity index (χ1n) is 7.43. The van der Waals surface area contributed by atoms with Gasteiger partial charge in [0.15, 0.2) is 5.69 Å². The fourth-order valence-electron chi connectivity index (χ4n) is 2.83. The van der Waals surface area contributed by atoms with Gasteiger partial charge in [-0.15, -0.1) is 0 Å². The van der Waals surface area contributed by atoms with E-state index in [2.05, 4.69) is 10.5 Å². The first-order chi connectivity index (χ1) is 10.1. The van der Waals surface area contributed by atoms with Crippen molar-refractivity contribution in [2.75, 3.05) is 0 Å². The van der Waals surface area contributed by atoms with Gasteiger partial charge >= 0.3 is 0 Å². The Balaban J connectivity index is 1.82. The second-order valence-corrected chi connectivity index (χ2v) is 6.09. The molecule has 1 aromatic carbocycles. The molecule has 1 aromatic heterocycles. The minimum atomic E-state index is -0.446. The van der Waals surface area contributed by atoms with Crippen LogP contribution in [-0.2, 0) is 18.4 Å². The third kappa shape index (κ3) is 2.71. The maximum Gasteiger partial charge on any atom is 0.274 e. The fourth-order valence-corrected chi connectivity index (χ4v) is 2.83. The van der Waals surface area contributed by atoms with Crippen molar-refractivity contribution in [3.63, 3.8) is 0 Å². The van der Waals surface area contributed by atoms with Crippen LogP contribution in [-0.4, -0.2) is 11.1 Å². The van der Waals surface area contributed by atoms with E-state index < -0.39 is 5.54 Å². The molecular formula is C17H20N2O2. The van der Waals surface area contributed by atoms with Gasteiger partial charge in [0.2, 0.25) is 0 Å². The third-order valence-corrected chi connectivity index (χ3v) is 4.09. The molecule has 0 atom stereocenters. The van der Waals surface area contributed by atoms with Gasteiger partial charge in [-0.2, -0.15) is 0 Å². The zero-order chi connectivity index (χ0) is 14.9. The van der Waals surface area contributed by atoms with Crippen LogP contribution in [0.4, 0.5) is 0 Å². The first kappa shape index (κ1) is 13.9. The topological polar surface area (TPSA) is 55.1 Å². The van der Waals surface area contributed by atoms with Crippen molar-refractivity contribution >= 4 is 5.91 Å². The third-order valence-electron chi connectivity index (χ3n) is 4.09. The molecule has 4 heteroatoms. The Hall–Kier alpha value is -2.10. The summed E-state index contributed by atoms with van der Waals surface area (Å²) in [6.07, 6.45) is 3.97.